The molecule has 0 bridgehead atoms. The van der Waals surface area contributed by atoms with Gasteiger partial charge in [-0.1, -0.05) is 11.2 Å². The Bertz CT molecular complexity index is 521. The first kappa shape index (κ1) is 11.2. The van der Waals surface area contributed by atoms with E-state index in [2.05, 4.69) is 9.68 Å². The zero-order chi connectivity index (χ0) is 12.3. The quantitative estimate of drug-likeness (QED) is 0.646. The first-order valence-corrected chi connectivity index (χ1v) is 5.09. The SMILES string of the molecule is Cc1c(N)cccc1C(=O)OCc1cnoc1. The molecule has 17 heavy (non-hydrogen) atoms. The molecule has 0 atom stereocenters. The van der Waals surface area contributed by atoms with Gasteiger partial charge in [-0.2, -0.15) is 0 Å². The minimum absolute atomic E-state index is 0.135. The van der Waals surface area contributed by atoms with Crippen molar-refractivity contribution in [2.45, 2.75) is 13.5 Å². The Labute approximate surface area is 98.2 Å². The second kappa shape index (κ2) is 4.69. The van der Waals surface area contributed by atoms with Gasteiger partial charge in [0.2, 0.25) is 0 Å². The van der Waals surface area contributed by atoms with Crippen molar-refractivity contribution in [1.82, 2.24) is 5.16 Å². The lowest BCUT2D eigenvalue weighted by molar-refractivity contribution is 0.0471. The molecule has 1 aromatic carbocycles. The van der Waals surface area contributed by atoms with E-state index >= 15 is 0 Å². The summed E-state index contributed by atoms with van der Waals surface area (Å²) in [4.78, 5) is 11.8. The molecule has 1 aromatic heterocycles. The third-order valence-electron chi connectivity index (χ3n) is 2.45. The number of anilines is 1. The van der Waals surface area contributed by atoms with Crippen molar-refractivity contribution < 1.29 is 14.1 Å². The fourth-order valence-electron chi connectivity index (χ4n) is 1.40. The second-order valence-electron chi connectivity index (χ2n) is 3.63. The van der Waals surface area contributed by atoms with E-state index in [9.17, 15) is 4.79 Å². The fourth-order valence-corrected chi connectivity index (χ4v) is 1.40. The molecule has 0 amide bonds. The van der Waals surface area contributed by atoms with E-state index in [0.29, 0.717) is 16.8 Å². The van der Waals surface area contributed by atoms with Crippen LogP contribution in [0.25, 0.3) is 0 Å². The molecule has 0 radical (unpaired) electrons. The van der Waals surface area contributed by atoms with Crippen molar-refractivity contribution in [3.05, 3.63) is 47.3 Å². The maximum atomic E-state index is 11.8. The van der Waals surface area contributed by atoms with Crippen LogP contribution < -0.4 is 5.73 Å². The van der Waals surface area contributed by atoms with Gasteiger partial charge in [0.1, 0.15) is 12.9 Å². The molecule has 88 valence electrons. The molecule has 2 aromatic rings. The summed E-state index contributed by atoms with van der Waals surface area (Å²) in [5.41, 5.74) is 8.20. The standard InChI is InChI=1S/C12H12N2O3/c1-8-10(3-2-4-11(8)13)12(15)16-6-9-5-14-17-7-9/h2-5,7H,6,13H2,1H3. The number of ether oxygens (including phenoxy) is 1. The fraction of sp³-hybridized carbons (Fsp3) is 0.167. The van der Waals surface area contributed by atoms with Crippen LogP contribution in [0.2, 0.25) is 0 Å². The molecule has 2 N–H and O–H groups in total. The largest absolute Gasteiger partial charge is 0.457 e. The summed E-state index contributed by atoms with van der Waals surface area (Å²) < 4.78 is 9.75. The number of nitrogens with zero attached hydrogens (tertiary/aromatic N) is 1. The van der Waals surface area contributed by atoms with Gasteiger partial charge in [0.15, 0.2) is 0 Å². The van der Waals surface area contributed by atoms with Gasteiger partial charge in [-0.15, -0.1) is 0 Å². The number of esters is 1. The van der Waals surface area contributed by atoms with E-state index in [1.54, 1.807) is 25.1 Å². The van der Waals surface area contributed by atoms with Gasteiger partial charge in [0, 0.05) is 11.3 Å². The highest BCUT2D eigenvalue weighted by Gasteiger charge is 2.12. The number of nitrogen functional groups attached to an aromatic ring is 1. The molecule has 0 saturated heterocycles. The number of carbonyl (C=O) groups excluding carboxylic acids is 1. The summed E-state index contributed by atoms with van der Waals surface area (Å²) in [6, 6.07) is 5.14. The van der Waals surface area contributed by atoms with Gasteiger partial charge >= 0.3 is 5.97 Å². The van der Waals surface area contributed by atoms with E-state index < -0.39 is 5.97 Å². The highest BCUT2D eigenvalue weighted by Crippen LogP contribution is 2.16. The van der Waals surface area contributed by atoms with Crippen molar-refractivity contribution in [2.24, 2.45) is 0 Å². The number of carbonyl (C=O) groups is 1. The number of aromatic nitrogens is 1. The third-order valence-corrected chi connectivity index (χ3v) is 2.45. The van der Waals surface area contributed by atoms with Crippen molar-refractivity contribution in [2.75, 3.05) is 5.73 Å². The molecule has 1 heterocycles. The maximum Gasteiger partial charge on any atom is 0.338 e. The van der Waals surface area contributed by atoms with E-state index in [1.807, 2.05) is 0 Å². The van der Waals surface area contributed by atoms with Gasteiger partial charge in [-0.05, 0) is 24.6 Å². The summed E-state index contributed by atoms with van der Waals surface area (Å²) in [5.74, 6) is -0.406. The molecule has 2 rings (SSSR count). The number of rotatable bonds is 3. The minimum Gasteiger partial charge on any atom is -0.457 e. The number of hydrogen-bond acceptors (Lipinski definition) is 5. The Kier molecular flexibility index (Phi) is 3.09. The average molecular weight is 232 g/mol. The number of benzene rings is 1. The first-order valence-electron chi connectivity index (χ1n) is 5.09. The zero-order valence-electron chi connectivity index (χ0n) is 9.34. The van der Waals surface area contributed by atoms with Crippen LogP contribution in [0.1, 0.15) is 21.5 Å². The normalized spacial score (nSPS) is 10.2. The van der Waals surface area contributed by atoms with Crippen LogP contribution in [-0.4, -0.2) is 11.1 Å². The summed E-state index contributed by atoms with van der Waals surface area (Å²) >= 11 is 0. The smallest absolute Gasteiger partial charge is 0.338 e. The molecule has 0 fully saturated rings. The van der Waals surface area contributed by atoms with Crippen LogP contribution in [-0.2, 0) is 11.3 Å². The Morgan fingerprint density at radius 2 is 2.35 bits per heavy atom. The van der Waals surface area contributed by atoms with E-state index in [1.165, 1.54) is 12.5 Å². The lowest BCUT2D eigenvalue weighted by Crippen LogP contribution is -2.08. The van der Waals surface area contributed by atoms with Crippen LogP contribution in [0.4, 0.5) is 5.69 Å². The van der Waals surface area contributed by atoms with Crippen molar-refractivity contribution >= 4 is 11.7 Å². The zero-order valence-corrected chi connectivity index (χ0v) is 9.34. The molecule has 0 aliphatic heterocycles. The lowest BCUT2D eigenvalue weighted by Gasteiger charge is -2.07. The Morgan fingerprint density at radius 3 is 3.06 bits per heavy atom. The summed E-state index contributed by atoms with van der Waals surface area (Å²) in [5, 5.41) is 3.52. The highest BCUT2D eigenvalue weighted by atomic mass is 16.5. The first-order chi connectivity index (χ1) is 8.18. The number of hydrogen-bond donors (Lipinski definition) is 1. The Balaban J connectivity index is 2.07. The molecule has 0 spiro atoms. The van der Waals surface area contributed by atoms with Crippen molar-refractivity contribution in [1.29, 1.82) is 0 Å². The maximum absolute atomic E-state index is 11.8. The van der Waals surface area contributed by atoms with Crippen LogP contribution >= 0.6 is 0 Å². The summed E-state index contributed by atoms with van der Waals surface area (Å²) in [7, 11) is 0. The number of nitrogens with two attached hydrogens (primary N) is 1. The average Bonchev–Trinajstić information content (AvgIpc) is 2.82. The molecule has 5 nitrogen and oxygen atoms in total. The van der Waals surface area contributed by atoms with Crippen LogP contribution in [0, 0.1) is 6.92 Å². The van der Waals surface area contributed by atoms with Gasteiger partial charge in [0.05, 0.1) is 11.8 Å². The van der Waals surface area contributed by atoms with E-state index in [4.69, 9.17) is 10.5 Å². The predicted molar refractivity (Wildman–Crippen MR) is 61.2 cm³/mol. The Morgan fingerprint density at radius 1 is 1.53 bits per heavy atom. The van der Waals surface area contributed by atoms with Gasteiger partial charge in [-0.25, -0.2) is 4.79 Å². The molecule has 0 saturated carbocycles. The van der Waals surface area contributed by atoms with Crippen LogP contribution in [0.5, 0.6) is 0 Å². The third kappa shape index (κ3) is 2.44. The van der Waals surface area contributed by atoms with E-state index in [-0.39, 0.29) is 6.61 Å². The lowest BCUT2D eigenvalue weighted by atomic mass is 10.1. The summed E-state index contributed by atoms with van der Waals surface area (Å²) in [6.07, 6.45) is 2.93. The molecule has 0 aliphatic rings. The molecule has 0 aliphatic carbocycles. The minimum atomic E-state index is -0.406. The van der Waals surface area contributed by atoms with Crippen molar-refractivity contribution in [3.8, 4) is 0 Å². The monoisotopic (exact) mass is 232 g/mol. The van der Waals surface area contributed by atoms with Crippen LogP contribution in [0.3, 0.4) is 0 Å². The molecule has 5 heteroatoms. The van der Waals surface area contributed by atoms with Gasteiger partial charge < -0.3 is 15.0 Å². The van der Waals surface area contributed by atoms with Gasteiger partial charge in [-0.3, -0.25) is 0 Å². The van der Waals surface area contributed by atoms with Crippen molar-refractivity contribution in [3.63, 3.8) is 0 Å². The highest BCUT2D eigenvalue weighted by molar-refractivity contribution is 5.92. The van der Waals surface area contributed by atoms with Crippen LogP contribution in [0.15, 0.2) is 35.2 Å². The molecular formula is C12H12N2O3. The van der Waals surface area contributed by atoms with Gasteiger partial charge in [0.25, 0.3) is 0 Å². The molecule has 0 unspecified atom stereocenters. The predicted octanol–water partition coefficient (Wildman–Crippen LogP) is 1.92. The van der Waals surface area contributed by atoms with E-state index in [0.717, 1.165) is 5.56 Å². The summed E-state index contributed by atoms with van der Waals surface area (Å²) in [6.45, 7) is 1.92. The molecular weight excluding hydrogens is 220 g/mol. The Hall–Kier alpha value is -2.30. The topological polar surface area (TPSA) is 78.4 Å². The second-order valence-corrected chi connectivity index (χ2v) is 3.63.